The molecule has 1 N–H and O–H groups in total. The summed E-state index contributed by atoms with van der Waals surface area (Å²) < 4.78 is 0. The van der Waals surface area contributed by atoms with Gasteiger partial charge in [-0.3, -0.25) is 4.79 Å². The lowest BCUT2D eigenvalue weighted by molar-refractivity contribution is 0.964. The molecule has 0 fully saturated rings. The number of nitrogens with zero attached hydrogens (tertiary/aromatic N) is 4. The summed E-state index contributed by atoms with van der Waals surface area (Å²) in [6.45, 7) is 2.84. The van der Waals surface area contributed by atoms with E-state index in [0.29, 0.717) is 21.0 Å². The van der Waals surface area contributed by atoms with E-state index in [0.717, 1.165) is 17.3 Å². The minimum Gasteiger partial charge on any atom is -0.328 e. The Balaban J connectivity index is 1.59. The van der Waals surface area contributed by atoms with E-state index in [4.69, 9.17) is 11.6 Å². The normalized spacial score (nSPS) is 13.9. The molecule has 2 aromatic heterocycles. The minimum atomic E-state index is -0.260. The molecule has 0 aliphatic carbocycles. The lowest BCUT2D eigenvalue weighted by Crippen LogP contribution is -2.19. The number of aromatic amines is 1. The van der Waals surface area contributed by atoms with Gasteiger partial charge in [-0.2, -0.15) is 0 Å². The second-order valence-corrected chi connectivity index (χ2v) is 7.17. The van der Waals surface area contributed by atoms with E-state index in [2.05, 4.69) is 32.9 Å². The van der Waals surface area contributed by atoms with Crippen LogP contribution < -0.4 is 10.5 Å². The molecule has 1 aliphatic heterocycles. The fraction of sp³-hybridized carbons (Fsp3) is 0.111. The molecule has 0 saturated heterocycles. The summed E-state index contributed by atoms with van der Waals surface area (Å²) in [5.74, 6) is 0.777. The molecular weight excluding hydrogens is 370 g/mol. The highest BCUT2D eigenvalue weighted by Crippen LogP contribution is 2.35. The summed E-state index contributed by atoms with van der Waals surface area (Å²) in [7, 11) is 0. The average Bonchev–Trinajstić information content (AvgIpc) is 2.65. The Morgan fingerprint density at radius 2 is 2.12 bits per heavy atom. The van der Waals surface area contributed by atoms with Crippen molar-refractivity contribution in [2.75, 3.05) is 11.4 Å². The monoisotopic (exact) mass is 383 g/mol. The van der Waals surface area contributed by atoms with E-state index in [-0.39, 0.29) is 5.56 Å². The molecule has 0 spiro atoms. The predicted molar refractivity (Wildman–Crippen MR) is 104 cm³/mol. The quantitative estimate of drug-likeness (QED) is 0.741. The van der Waals surface area contributed by atoms with Crippen LogP contribution in [0.4, 0.5) is 5.82 Å². The number of benzene rings is 1. The summed E-state index contributed by atoms with van der Waals surface area (Å²) in [5.41, 5.74) is 1.53. The zero-order valence-corrected chi connectivity index (χ0v) is 15.4. The van der Waals surface area contributed by atoms with Gasteiger partial charge in [-0.05, 0) is 25.1 Å². The van der Waals surface area contributed by atoms with Crippen molar-refractivity contribution in [3.05, 3.63) is 70.2 Å². The van der Waals surface area contributed by atoms with Crippen LogP contribution in [0.3, 0.4) is 0 Å². The third-order valence-electron chi connectivity index (χ3n) is 3.96. The summed E-state index contributed by atoms with van der Waals surface area (Å²) >= 11 is 7.77. The van der Waals surface area contributed by atoms with Crippen LogP contribution in [-0.2, 0) is 0 Å². The minimum absolute atomic E-state index is 0.260. The molecular formula is C18H14ClN5OS. The van der Waals surface area contributed by atoms with Gasteiger partial charge in [0.05, 0.1) is 34.6 Å². The van der Waals surface area contributed by atoms with Gasteiger partial charge in [-0.25, -0.2) is 15.0 Å². The topological polar surface area (TPSA) is 74.8 Å². The number of nitrogens with one attached hydrogen (secondary N) is 1. The lowest BCUT2D eigenvalue weighted by Gasteiger charge is -2.20. The highest BCUT2D eigenvalue weighted by molar-refractivity contribution is 7.99. The maximum absolute atomic E-state index is 12.0. The molecule has 3 heterocycles. The third kappa shape index (κ3) is 3.23. The molecule has 0 amide bonds. The van der Waals surface area contributed by atoms with E-state index in [1.807, 2.05) is 23.2 Å². The number of anilines is 1. The maximum atomic E-state index is 12.0. The standard InChI is InChI=1S/C18H14ClN5OS/c1-11-4-6-24(7-5-11)14-8-21-15(9-20-14)26-13-3-2-12-16(17(13)19)18(25)23-10-22-12/h2-6,8-10H,7H2,1H3,(H,22,23,25). The number of allylic oxidation sites excluding steroid dienone is 2. The van der Waals surface area contributed by atoms with Crippen molar-refractivity contribution < 1.29 is 0 Å². The van der Waals surface area contributed by atoms with E-state index in [1.54, 1.807) is 18.5 Å². The Morgan fingerprint density at radius 1 is 1.23 bits per heavy atom. The molecule has 6 nitrogen and oxygen atoms in total. The third-order valence-corrected chi connectivity index (χ3v) is 5.45. The number of aromatic nitrogens is 4. The highest BCUT2D eigenvalue weighted by Gasteiger charge is 2.13. The maximum Gasteiger partial charge on any atom is 0.260 e. The van der Waals surface area contributed by atoms with E-state index < -0.39 is 0 Å². The molecule has 0 bridgehead atoms. The van der Waals surface area contributed by atoms with Gasteiger partial charge in [0, 0.05) is 17.6 Å². The Labute approximate surface area is 158 Å². The van der Waals surface area contributed by atoms with Crippen LogP contribution in [0.2, 0.25) is 5.02 Å². The molecule has 4 rings (SSSR count). The van der Waals surface area contributed by atoms with Gasteiger partial charge >= 0.3 is 0 Å². The van der Waals surface area contributed by atoms with Gasteiger partial charge < -0.3 is 9.88 Å². The molecule has 0 atom stereocenters. The fourth-order valence-corrected chi connectivity index (χ4v) is 3.68. The number of rotatable bonds is 3. The van der Waals surface area contributed by atoms with Gasteiger partial charge in [0.1, 0.15) is 5.03 Å². The molecule has 0 radical (unpaired) electrons. The van der Waals surface area contributed by atoms with Crippen molar-refractivity contribution in [1.82, 2.24) is 19.9 Å². The van der Waals surface area contributed by atoms with Crippen LogP contribution in [0.25, 0.3) is 10.9 Å². The highest BCUT2D eigenvalue weighted by atomic mass is 35.5. The van der Waals surface area contributed by atoms with Crippen molar-refractivity contribution >= 4 is 40.1 Å². The number of hydrogen-bond acceptors (Lipinski definition) is 6. The summed E-state index contributed by atoms with van der Waals surface area (Å²) in [4.78, 5) is 30.4. The van der Waals surface area contributed by atoms with Gasteiger partial charge in [0.25, 0.3) is 5.56 Å². The Kier molecular flexibility index (Phi) is 4.48. The van der Waals surface area contributed by atoms with E-state index >= 15 is 0 Å². The summed E-state index contributed by atoms with van der Waals surface area (Å²) in [6.07, 6.45) is 11.0. The first-order valence-electron chi connectivity index (χ1n) is 7.89. The second-order valence-electron chi connectivity index (χ2n) is 5.73. The average molecular weight is 384 g/mol. The van der Waals surface area contributed by atoms with Gasteiger partial charge in [-0.1, -0.05) is 35.0 Å². The molecule has 3 aromatic rings. The molecule has 1 aromatic carbocycles. The van der Waals surface area contributed by atoms with Crippen molar-refractivity contribution in [2.24, 2.45) is 0 Å². The molecule has 0 unspecified atom stereocenters. The fourth-order valence-electron chi connectivity index (χ4n) is 2.55. The summed E-state index contributed by atoms with van der Waals surface area (Å²) in [5, 5.41) is 1.44. The number of fused-ring (bicyclic) bond motifs is 1. The first-order valence-corrected chi connectivity index (χ1v) is 9.08. The lowest BCUT2D eigenvalue weighted by atomic mass is 10.2. The van der Waals surface area contributed by atoms with Gasteiger partial charge in [0.2, 0.25) is 0 Å². The zero-order chi connectivity index (χ0) is 18.1. The Morgan fingerprint density at radius 3 is 2.85 bits per heavy atom. The molecule has 26 heavy (non-hydrogen) atoms. The van der Waals surface area contributed by atoms with E-state index in [1.165, 1.54) is 23.7 Å². The first-order chi connectivity index (χ1) is 12.6. The smallest absolute Gasteiger partial charge is 0.260 e. The first kappa shape index (κ1) is 16.8. The Bertz CT molecular complexity index is 1090. The molecule has 1 aliphatic rings. The predicted octanol–water partition coefficient (Wildman–Crippen LogP) is 3.80. The SMILES string of the molecule is CC1=CCN(c2cnc(Sc3ccc4nc[nH]c(=O)c4c3Cl)cn2)C=C1. The van der Waals surface area contributed by atoms with E-state index in [9.17, 15) is 4.79 Å². The largest absolute Gasteiger partial charge is 0.328 e. The van der Waals surface area contributed by atoms with Crippen molar-refractivity contribution in [2.45, 2.75) is 16.8 Å². The Hall–Kier alpha value is -2.64. The van der Waals surface area contributed by atoms with Crippen molar-refractivity contribution in [3.8, 4) is 0 Å². The van der Waals surface area contributed by atoms with Crippen molar-refractivity contribution in [3.63, 3.8) is 0 Å². The van der Waals surface area contributed by atoms with Crippen molar-refractivity contribution in [1.29, 1.82) is 0 Å². The van der Waals surface area contributed by atoms with Crippen LogP contribution in [0.15, 0.2) is 69.5 Å². The van der Waals surface area contributed by atoms with Crippen LogP contribution >= 0.6 is 23.4 Å². The van der Waals surface area contributed by atoms with Gasteiger partial charge in [0.15, 0.2) is 5.82 Å². The van der Waals surface area contributed by atoms with Gasteiger partial charge in [-0.15, -0.1) is 0 Å². The number of hydrogen-bond donors (Lipinski definition) is 1. The number of halogens is 1. The molecule has 0 saturated carbocycles. The summed E-state index contributed by atoms with van der Waals surface area (Å²) in [6, 6.07) is 3.60. The van der Waals surface area contributed by atoms with Crippen LogP contribution in [0.5, 0.6) is 0 Å². The van der Waals surface area contributed by atoms with Crippen LogP contribution in [0.1, 0.15) is 6.92 Å². The second kappa shape index (κ2) is 6.93. The number of H-pyrrole nitrogens is 1. The zero-order valence-electron chi connectivity index (χ0n) is 13.8. The van der Waals surface area contributed by atoms with Crippen LogP contribution in [0, 0.1) is 0 Å². The van der Waals surface area contributed by atoms with Crippen LogP contribution in [-0.4, -0.2) is 26.5 Å². The molecule has 8 heteroatoms. The molecule has 130 valence electrons.